The van der Waals surface area contributed by atoms with Gasteiger partial charge in [-0.2, -0.15) is 17.9 Å². The van der Waals surface area contributed by atoms with Gasteiger partial charge in [-0.25, -0.2) is 0 Å². The van der Waals surface area contributed by atoms with Gasteiger partial charge in [-0.05, 0) is 24.0 Å². The first-order valence-electron chi connectivity index (χ1n) is 6.44. The number of nitrogens with zero attached hydrogens (tertiary/aromatic N) is 3. The SMILES string of the molecule is Cc1c(Cl)c([N+](=O)[O-])nn1CC(=O)Nc1ccccc1C(F)(F)F. The van der Waals surface area contributed by atoms with Crippen LogP contribution in [0.15, 0.2) is 24.3 Å². The monoisotopic (exact) mass is 362 g/mol. The maximum Gasteiger partial charge on any atom is 0.418 e. The molecule has 0 fully saturated rings. The van der Waals surface area contributed by atoms with Crippen molar-refractivity contribution in [3.8, 4) is 0 Å². The number of rotatable bonds is 4. The molecule has 0 bridgehead atoms. The number of anilines is 1. The molecular formula is C13H10ClF3N4O3. The van der Waals surface area contributed by atoms with E-state index in [1.165, 1.54) is 19.1 Å². The molecule has 1 aromatic heterocycles. The molecule has 1 heterocycles. The molecule has 24 heavy (non-hydrogen) atoms. The largest absolute Gasteiger partial charge is 0.418 e. The molecule has 0 unspecified atom stereocenters. The van der Waals surface area contributed by atoms with E-state index in [2.05, 4.69) is 10.4 Å². The highest BCUT2D eigenvalue weighted by molar-refractivity contribution is 6.33. The zero-order valence-corrected chi connectivity index (χ0v) is 12.9. The fraction of sp³-hybridized carbons (Fsp3) is 0.231. The van der Waals surface area contributed by atoms with E-state index in [0.717, 1.165) is 16.8 Å². The molecule has 2 rings (SSSR count). The molecule has 0 spiro atoms. The molecule has 1 aromatic carbocycles. The minimum Gasteiger partial charge on any atom is -0.358 e. The van der Waals surface area contributed by atoms with E-state index in [-0.39, 0.29) is 10.7 Å². The molecule has 2 aromatic rings. The number of nitrogens with one attached hydrogen (secondary N) is 1. The Morgan fingerprint density at radius 1 is 1.42 bits per heavy atom. The highest BCUT2D eigenvalue weighted by Gasteiger charge is 2.33. The van der Waals surface area contributed by atoms with Crippen molar-refractivity contribution in [3.05, 3.63) is 50.7 Å². The van der Waals surface area contributed by atoms with Crippen LogP contribution in [0.2, 0.25) is 5.02 Å². The van der Waals surface area contributed by atoms with Gasteiger partial charge in [0.05, 0.1) is 22.0 Å². The van der Waals surface area contributed by atoms with Crippen LogP contribution in [0.3, 0.4) is 0 Å². The quantitative estimate of drug-likeness (QED) is 0.666. The number of hydrogen-bond acceptors (Lipinski definition) is 4. The molecule has 0 saturated carbocycles. The van der Waals surface area contributed by atoms with Gasteiger partial charge in [0, 0.05) is 0 Å². The third-order valence-electron chi connectivity index (χ3n) is 3.09. The molecule has 128 valence electrons. The minimum atomic E-state index is -4.63. The predicted octanol–water partition coefficient (Wildman–Crippen LogP) is 3.41. The van der Waals surface area contributed by atoms with Crippen LogP contribution in [-0.2, 0) is 17.5 Å². The standard InChI is InChI=1S/C13H10ClF3N4O3/c1-7-11(14)12(21(23)24)19-20(7)6-10(22)18-9-5-3-2-4-8(9)13(15,16)17/h2-5H,6H2,1H3,(H,18,22). The highest BCUT2D eigenvalue weighted by atomic mass is 35.5. The Balaban J connectivity index is 2.22. The van der Waals surface area contributed by atoms with E-state index >= 15 is 0 Å². The highest BCUT2D eigenvalue weighted by Crippen LogP contribution is 2.34. The maximum atomic E-state index is 12.9. The topological polar surface area (TPSA) is 90.1 Å². The fourth-order valence-corrected chi connectivity index (χ4v) is 2.15. The van der Waals surface area contributed by atoms with E-state index in [0.29, 0.717) is 0 Å². The molecule has 7 nitrogen and oxygen atoms in total. The summed E-state index contributed by atoms with van der Waals surface area (Å²) in [4.78, 5) is 21.9. The molecular weight excluding hydrogens is 353 g/mol. The summed E-state index contributed by atoms with van der Waals surface area (Å²) in [7, 11) is 0. The van der Waals surface area contributed by atoms with Crippen LogP contribution in [-0.4, -0.2) is 20.6 Å². The lowest BCUT2D eigenvalue weighted by Crippen LogP contribution is -2.22. The second kappa shape index (κ2) is 6.48. The van der Waals surface area contributed by atoms with Crippen molar-refractivity contribution in [2.75, 3.05) is 5.32 Å². The molecule has 0 aliphatic carbocycles. The van der Waals surface area contributed by atoms with E-state index < -0.39 is 40.6 Å². The first kappa shape index (κ1) is 17.7. The van der Waals surface area contributed by atoms with Crippen molar-refractivity contribution in [1.82, 2.24) is 9.78 Å². The molecule has 0 aliphatic heterocycles. The zero-order valence-electron chi connectivity index (χ0n) is 12.1. The first-order valence-corrected chi connectivity index (χ1v) is 6.82. The van der Waals surface area contributed by atoms with Crippen LogP contribution in [0.1, 0.15) is 11.3 Å². The van der Waals surface area contributed by atoms with Crippen molar-refractivity contribution in [3.63, 3.8) is 0 Å². The summed E-state index contributed by atoms with van der Waals surface area (Å²) in [6, 6.07) is 4.47. The van der Waals surface area contributed by atoms with E-state index in [1.54, 1.807) is 0 Å². The van der Waals surface area contributed by atoms with Gasteiger partial charge in [-0.1, -0.05) is 23.7 Å². The van der Waals surface area contributed by atoms with Crippen molar-refractivity contribution >= 4 is 29.0 Å². The number of hydrogen-bond donors (Lipinski definition) is 1. The van der Waals surface area contributed by atoms with E-state index in [1.807, 2.05) is 0 Å². The van der Waals surface area contributed by atoms with Crippen molar-refractivity contribution in [2.45, 2.75) is 19.6 Å². The number of carbonyl (C=O) groups is 1. The molecule has 0 aliphatic rings. The van der Waals surface area contributed by atoms with Gasteiger partial charge in [0.2, 0.25) is 5.91 Å². The number of alkyl halides is 3. The summed E-state index contributed by atoms with van der Waals surface area (Å²) in [6.07, 6.45) is -4.63. The summed E-state index contributed by atoms with van der Waals surface area (Å²) in [5.74, 6) is -1.46. The molecule has 0 atom stereocenters. The van der Waals surface area contributed by atoms with Crippen LogP contribution >= 0.6 is 11.6 Å². The Labute approximate surface area is 138 Å². The van der Waals surface area contributed by atoms with E-state index in [4.69, 9.17) is 11.6 Å². The maximum absolute atomic E-state index is 12.9. The van der Waals surface area contributed by atoms with Gasteiger partial charge in [-0.3, -0.25) is 4.79 Å². The smallest absolute Gasteiger partial charge is 0.358 e. The Morgan fingerprint density at radius 3 is 2.58 bits per heavy atom. The van der Waals surface area contributed by atoms with Gasteiger partial charge in [0.1, 0.15) is 6.54 Å². The number of aromatic nitrogens is 2. The van der Waals surface area contributed by atoms with Crippen LogP contribution < -0.4 is 5.32 Å². The van der Waals surface area contributed by atoms with Crippen molar-refractivity contribution in [2.24, 2.45) is 0 Å². The van der Waals surface area contributed by atoms with Crippen molar-refractivity contribution in [1.29, 1.82) is 0 Å². The summed E-state index contributed by atoms with van der Waals surface area (Å²) >= 11 is 5.73. The summed E-state index contributed by atoms with van der Waals surface area (Å²) in [6.45, 7) is 0.880. The van der Waals surface area contributed by atoms with Gasteiger partial charge < -0.3 is 15.4 Å². The third kappa shape index (κ3) is 3.65. The van der Waals surface area contributed by atoms with E-state index in [9.17, 15) is 28.1 Å². The second-order valence-electron chi connectivity index (χ2n) is 4.73. The molecule has 0 saturated heterocycles. The van der Waals surface area contributed by atoms with Gasteiger partial charge >= 0.3 is 12.0 Å². The lowest BCUT2D eigenvalue weighted by Gasteiger charge is -2.13. The molecule has 11 heteroatoms. The Kier molecular flexibility index (Phi) is 4.78. The number of amides is 1. The summed E-state index contributed by atoms with van der Waals surface area (Å²) in [5, 5.41) is 16.2. The second-order valence-corrected chi connectivity index (χ2v) is 5.11. The Morgan fingerprint density at radius 2 is 2.04 bits per heavy atom. The van der Waals surface area contributed by atoms with Crippen LogP contribution in [0, 0.1) is 17.0 Å². The van der Waals surface area contributed by atoms with Crippen LogP contribution in [0.5, 0.6) is 0 Å². The number of para-hydroxylation sites is 1. The first-order chi connectivity index (χ1) is 11.1. The average molecular weight is 363 g/mol. The third-order valence-corrected chi connectivity index (χ3v) is 3.53. The Hall–Kier alpha value is -2.62. The van der Waals surface area contributed by atoms with Gasteiger partial charge in [0.15, 0.2) is 5.02 Å². The van der Waals surface area contributed by atoms with Gasteiger partial charge in [0.25, 0.3) is 0 Å². The molecule has 1 N–H and O–H groups in total. The van der Waals surface area contributed by atoms with Crippen LogP contribution in [0.25, 0.3) is 0 Å². The minimum absolute atomic E-state index is 0.155. The normalized spacial score (nSPS) is 11.4. The van der Waals surface area contributed by atoms with Crippen molar-refractivity contribution < 1.29 is 22.9 Å². The van der Waals surface area contributed by atoms with Crippen LogP contribution in [0.4, 0.5) is 24.7 Å². The predicted molar refractivity (Wildman–Crippen MR) is 78.7 cm³/mol. The fourth-order valence-electron chi connectivity index (χ4n) is 1.94. The number of halogens is 4. The lowest BCUT2D eigenvalue weighted by atomic mass is 10.1. The number of carbonyl (C=O) groups excluding carboxylic acids is 1. The number of benzene rings is 1. The zero-order chi connectivity index (χ0) is 18.1. The molecule has 1 amide bonds. The summed E-state index contributed by atoms with van der Waals surface area (Å²) < 4.78 is 39.6. The average Bonchev–Trinajstić information content (AvgIpc) is 2.75. The molecule has 0 radical (unpaired) electrons. The Bertz CT molecular complexity index is 804. The lowest BCUT2D eigenvalue weighted by molar-refractivity contribution is -0.389. The number of nitro groups is 1. The van der Waals surface area contributed by atoms with Gasteiger partial charge in [-0.15, -0.1) is 0 Å². The summed E-state index contributed by atoms with van der Waals surface area (Å²) in [5.41, 5.74) is -1.26.